The van der Waals surface area contributed by atoms with E-state index in [1.54, 1.807) is 6.07 Å². The Morgan fingerprint density at radius 2 is 2.22 bits per heavy atom. The highest BCUT2D eigenvalue weighted by Crippen LogP contribution is 2.30. The highest BCUT2D eigenvalue weighted by molar-refractivity contribution is 6.51. The average Bonchev–Trinajstić information content (AvgIpc) is 2.95. The first kappa shape index (κ1) is 11.2. The van der Waals surface area contributed by atoms with Crippen LogP contribution in [0.1, 0.15) is 16.8 Å². The van der Waals surface area contributed by atoms with Gasteiger partial charge in [0.1, 0.15) is 0 Å². The normalized spacial score (nSPS) is 22.3. The summed E-state index contributed by atoms with van der Waals surface area (Å²) in [4.78, 5) is 24.9. The molecule has 0 spiro atoms. The van der Waals surface area contributed by atoms with Crippen molar-refractivity contribution in [1.29, 1.82) is 0 Å². The molecule has 94 valence electrons. The number of hydrogen-bond acceptors (Lipinski definition) is 4. The van der Waals surface area contributed by atoms with Crippen LogP contribution in [-0.4, -0.2) is 36.5 Å². The number of Topliss-reactive ketones (excluding diaryl/α,β-unsaturated/α-hetero) is 1. The molecule has 5 nitrogen and oxygen atoms in total. The molecule has 1 aromatic carbocycles. The van der Waals surface area contributed by atoms with Gasteiger partial charge >= 0.3 is 0 Å². The van der Waals surface area contributed by atoms with Gasteiger partial charge in [0.2, 0.25) is 0 Å². The van der Waals surface area contributed by atoms with E-state index in [0.29, 0.717) is 17.2 Å². The van der Waals surface area contributed by atoms with Gasteiger partial charge in [-0.05, 0) is 24.6 Å². The van der Waals surface area contributed by atoms with Crippen molar-refractivity contribution in [2.24, 2.45) is 5.92 Å². The molecule has 18 heavy (non-hydrogen) atoms. The van der Waals surface area contributed by atoms with E-state index in [0.717, 1.165) is 25.2 Å². The lowest BCUT2D eigenvalue weighted by atomic mass is 10.1. The van der Waals surface area contributed by atoms with E-state index in [1.165, 1.54) is 0 Å². The molecule has 5 heteroatoms. The molecule has 0 aromatic heterocycles. The first-order chi connectivity index (χ1) is 8.69. The van der Waals surface area contributed by atoms with E-state index in [-0.39, 0.29) is 6.61 Å². The summed E-state index contributed by atoms with van der Waals surface area (Å²) in [5.74, 6) is -0.711. The van der Waals surface area contributed by atoms with Crippen molar-refractivity contribution >= 4 is 23.1 Å². The van der Waals surface area contributed by atoms with Crippen LogP contribution in [0.5, 0.6) is 0 Å². The molecule has 2 N–H and O–H groups in total. The SMILES string of the molecule is O=C1Nc2cc(N3CCC(CO)C3)ccc2C1=O. The lowest BCUT2D eigenvalue weighted by Gasteiger charge is -2.19. The minimum Gasteiger partial charge on any atom is -0.396 e. The topological polar surface area (TPSA) is 69.6 Å². The van der Waals surface area contributed by atoms with Crippen LogP contribution in [0.3, 0.4) is 0 Å². The van der Waals surface area contributed by atoms with Gasteiger partial charge in [-0.25, -0.2) is 0 Å². The third kappa shape index (κ3) is 1.67. The van der Waals surface area contributed by atoms with Crippen molar-refractivity contribution in [2.45, 2.75) is 6.42 Å². The molecule has 2 aliphatic heterocycles. The summed E-state index contributed by atoms with van der Waals surface area (Å²) in [5.41, 5.74) is 2.02. The number of ketones is 1. The molecule has 2 aliphatic rings. The number of hydrogen-bond donors (Lipinski definition) is 2. The second-order valence-electron chi connectivity index (χ2n) is 4.80. The van der Waals surface area contributed by atoms with E-state index >= 15 is 0 Å². The first-order valence-electron chi connectivity index (χ1n) is 6.04. The summed E-state index contributed by atoms with van der Waals surface area (Å²) in [6.45, 7) is 1.92. The van der Waals surface area contributed by atoms with Crippen LogP contribution >= 0.6 is 0 Å². The molecule has 3 rings (SSSR count). The van der Waals surface area contributed by atoms with Crippen LogP contribution in [0.4, 0.5) is 11.4 Å². The van der Waals surface area contributed by atoms with Crippen molar-refractivity contribution in [1.82, 2.24) is 0 Å². The van der Waals surface area contributed by atoms with Crippen molar-refractivity contribution in [3.05, 3.63) is 23.8 Å². The van der Waals surface area contributed by atoms with E-state index < -0.39 is 11.7 Å². The van der Waals surface area contributed by atoms with Gasteiger partial charge in [-0.15, -0.1) is 0 Å². The largest absolute Gasteiger partial charge is 0.396 e. The zero-order chi connectivity index (χ0) is 12.7. The van der Waals surface area contributed by atoms with Gasteiger partial charge in [0.05, 0.1) is 11.3 Å². The Labute approximate surface area is 104 Å². The lowest BCUT2D eigenvalue weighted by molar-refractivity contribution is -0.112. The van der Waals surface area contributed by atoms with Crippen molar-refractivity contribution in [2.75, 3.05) is 29.9 Å². The summed E-state index contributed by atoms with van der Waals surface area (Å²) in [5, 5.41) is 11.7. The fourth-order valence-corrected chi connectivity index (χ4v) is 2.55. The second kappa shape index (κ2) is 4.10. The van der Waals surface area contributed by atoms with E-state index in [9.17, 15) is 9.59 Å². The quantitative estimate of drug-likeness (QED) is 0.751. The minimum absolute atomic E-state index is 0.205. The number of carbonyl (C=O) groups excluding carboxylic acids is 2. The van der Waals surface area contributed by atoms with Crippen molar-refractivity contribution in [3.63, 3.8) is 0 Å². The van der Waals surface area contributed by atoms with Crippen LogP contribution in [0.2, 0.25) is 0 Å². The number of amides is 1. The van der Waals surface area contributed by atoms with Crippen LogP contribution in [0.25, 0.3) is 0 Å². The van der Waals surface area contributed by atoms with Gasteiger partial charge in [0.15, 0.2) is 0 Å². The number of nitrogens with zero attached hydrogens (tertiary/aromatic N) is 1. The van der Waals surface area contributed by atoms with E-state index in [4.69, 9.17) is 5.11 Å². The molecule has 1 amide bonds. The second-order valence-corrected chi connectivity index (χ2v) is 4.80. The van der Waals surface area contributed by atoms with Crippen molar-refractivity contribution in [3.8, 4) is 0 Å². The average molecular weight is 246 g/mol. The lowest BCUT2D eigenvalue weighted by Crippen LogP contribution is -2.20. The summed E-state index contributed by atoms with van der Waals surface area (Å²) in [6.07, 6.45) is 0.971. The molecule has 0 saturated carbocycles. The standard InChI is InChI=1S/C13H14N2O3/c16-7-8-3-4-15(6-8)9-1-2-10-11(5-9)14-13(18)12(10)17/h1-2,5,8,16H,3-4,6-7H2,(H,14,17,18). The summed E-state index contributed by atoms with van der Waals surface area (Å²) >= 11 is 0. The predicted molar refractivity (Wildman–Crippen MR) is 66.8 cm³/mol. The van der Waals surface area contributed by atoms with Crippen LogP contribution in [0.15, 0.2) is 18.2 Å². The van der Waals surface area contributed by atoms with Gasteiger partial charge in [-0.2, -0.15) is 0 Å². The molecule has 1 saturated heterocycles. The van der Waals surface area contributed by atoms with Crippen molar-refractivity contribution < 1.29 is 14.7 Å². The Morgan fingerprint density at radius 1 is 1.39 bits per heavy atom. The molecule has 0 bridgehead atoms. The molecule has 1 fully saturated rings. The van der Waals surface area contributed by atoms with E-state index in [2.05, 4.69) is 10.2 Å². The maximum absolute atomic E-state index is 11.5. The third-order valence-corrected chi connectivity index (χ3v) is 3.61. The fraction of sp³-hybridized carbons (Fsp3) is 0.385. The van der Waals surface area contributed by atoms with Gasteiger partial charge in [0, 0.05) is 31.3 Å². The molecule has 1 aromatic rings. The monoisotopic (exact) mass is 246 g/mol. The number of carbonyl (C=O) groups is 2. The third-order valence-electron chi connectivity index (χ3n) is 3.61. The highest BCUT2D eigenvalue weighted by atomic mass is 16.3. The Bertz CT molecular complexity index is 527. The number of benzene rings is 1. The Morgan fingerprint density at radius 3 is 2.94 bits per heavy atom. The molecule has 0 radical (unpaired) electrons. The Kier molecular flexibility index (Phi) is 2.56. The summed E-state index contributed by atoms with van der Waals surface area (Å²) in [6, 6.07) is 5.38. The smallest absolute Gasteiger partial charge is 0.296 e. The molecule has 1 atom stereocenters. The highest BCUT2D eigenvalue weighted by Gasteiger charge is 2.29. The zero-order valence-corrected chi connectivity index (χ0v) is 9.85. The summed E-state index contributed by atoms with van der Waals surface area (Å²) in [7, 11) is 0. The molecule has 0 aliphatic carbocycles. The van der Waals surface area contributed by atoms with Gasteiger partial charge < -0.3 is 15.3 Å². The maximum atomic E-state index is 11.5. The molecule has 1 unspecified atom stereocenters. The van der Waals surface area contributed by atoms with Gasteiger partial charge in [-0.3, -0.25) is 9.59 Å². The predicted octanol–water partition coefficient (Wildman–Crippen LogP) is 0.640. The molecular formula is C13H14N2O3. The molecule has 2 heterocycles. The number of aliphatic hydroxyl groups is 1. The number of aliphatic hydroxyl groups excluding tert-OH is 1. The van der Waals surface area contributed by atoms with E-state index in [1.807, 2.05) is 12.1 Å². The Hall–Kier alpha value is -1.88. The maximum Gasteiger partial charge on any atom is 0.296 e. The van der Waals surface area contributed by atoms with Crippen LogP contribution in [0, 0.1) is 5.92 Å². The van der Waals surface area contributed by atoms with Gasteiger partial charge in [0.25, 0.3) is 11.7 Å². The fourth-order valence-electron chi connectivity index (χ4n) is 2.55. The number of fused-ring (bicyclic) bond motifs is 1. The summed E-state index contributed by atoms with van der Waals surface area (Å²) < 4.78 is 0. The number of nitrogens with one attached hydrogen (secondary N) is 1. The van der Waals surface area contributed by atoms with Gasteiger partial charge in [-0.1, -0.05) is 0 Å². The number of anilines is 2. The molecular weight excluding hydrogens is 232 g/mol. The number of rotatable bonds is 2. The zero-order valence-electron chi connectivity index (χ0n) is 9.85. The van der Waals surface area contributed by atoms with Crippen LogP contribution < -0.4 is 10.2 Å². The Balaban J connectivity index is 1.86. The minimum atomic E-state index is -0.559. The van der Waals surface area contributed by atoms with Crippen LogP contribution in [-0.2, 0) is 4.79 Å². The first-order valence-corrected chi connectivity index (χ1v) is 6.04.